The van der Waals surface area contributed by atoms with Crippen LogP contribution in [-0.4, -0.2) is 61.4 Å². The Kier molecular flexibility index (Phi) is 6.36. The molecule has 156 valence electrons. The van der Waals surface area contributed by atoms with Gasteiger partial charge in [0.15, 0.2) is 11.5 Å². The number of nitrogens with zero attached hydrogens (tertiary/aromatic N) is 3. The third-order valence-corrected chi connectivity index (χ3v) is 4.54. The Balaban J connectivity index is 2.03. The second-order valence-corrected chi connectivity index (χ2v) is 6.71. The molecule has 0 radical (unpaired) electrons. The van der Waals surface area contributed by atoms with E-state index in [1.54, 1.807) is 57.4 Å². The van der Waals surface area contributed by atoms with Crippen molar-refractivity contribution in [2.24, 2.45) is 0 Å². The third kappa shape index (κ3) is 4.43. The predicted octanol–water partition coefficient (Wildman–Crippen LogP) is 2.37. The molecule has 2 aromatic carbocycles. The van der Waals surface area contributed by atoms with Gasteiger partial charge < -0.3 is 19.7 Å². The van der Waals surface area contributed by atoms with Crippen LogP contribution in [0.5, 0.6) is 11.5 Å². The van der Waals surface area contributed by atoms with Crippen LogP contribution in [0.15, 0.2) is 54.7 Å². The molecule has 0 aliphatic rings. The smallest absolute Gasteiger partial charge is 0.255 e. The van der Waals surface area contributed by atoms with Gasteiger partial charge in [0.2, 0.25) is 5.91 Å². The predicted molar refractivity (Wildman–Crippen MR) is 113 cm³/mol. The van der Waals surface area contributed by atoms with Crippen LogP contribution in [0.1, 0.15) is 10.4 Å². The number of methoxy groups -OCH3 is 2. The Morgan fingerprint density at radius 2 is 1.73 bits per heavy atom. The molecule has 1 aromatic heterocycles. The molecule has 0 unspecified atom stereocenters. The fraction of sp³-hybridized carbons (Fsp3) is 0.227. The molecule has 1 N–H and O–H groups in total. The van der Waals surface area contributed by atoms with Crippen LogP contribution in [0.2, 0.25) is 0 Å². The summed E-state index contributed by atoms with van der Waals surface area (Å²) in [5.41, 5.74) is 2.31. The molecule has 0 saturated heterocycles. The van der Waals surface area contributed by atoms with Crippen molar-refractivity contribution in [1.82, 2.24) is 20.0 Å². The molecule has 0 saturated carbocycles. The normalized spacial score (nSPS) is 10.4. The van der Waals surface area contributed by atoms with Crippen molar-refractivity contribution in [2.75, 3.05) is 34.9 Å². The first kappa shape index (κ1) is 20.9. The lowest BCUT2D eigenvalue weighted by Crippen LogP contribution is -2.36. The van der Waals surface area contributed by atoms with Gasteiger partial charge in [0, 0.05) is 25.9 Å². The standard InChI is InChI=1S/C22H24N4O4/c1-25(2)20(27)13-23-22(28)17-14-26(16-8-6-5-7-9-16)24-21(17)15-10-11-18(29-3)19(12-15)30-4/h5-12,14H,13H2,1-4H3,(H,23,28). The summed E-state index contributed by atoms with van der Waals surface area (Å²) in [6.45, 7) is -0.103. The van der Waals surface area contributed by atoms with E-state index in [0.29, 0.717) is 28.3 Å². The molecule has 30 heavy (non-hydrogen) atoms. The quantitative estimate of drug-likeness (QED) is 0.649. The number of carbonyl (C=O) groups excluding carboxylic acids is 2. The van der Waals surface area contributed by atoms with Crippen molar-refractivity contribution in [3.63, 3.8) is 0 Å². The summed E-state index contributed by atoms with van der Waals surface area (Å²) in [7, 11) is 6.38. The average Bonchev–Trinajstić information content (AvgIpc) is 3.22. The molecular weight excluding hydrogens is 384 g/mol. The molecule has 0 aliphatic carbocycles. The van der Waals surface area contributed by atoms with E-state index in [-0.39, 0.29) is 12.5 Å². The average molecular weight is 408 g/mol. The lowest BCUT2D eigenvalue weighted by molar-refractivity contribution is -0.127. The number of likely N-dealkylation sites (N-methyl/N-ethyl adjacent to an activating group) is 1. The minimum atomic E-state index is -0.392. The third-order valence-electron chi connectivity index (χ3n) is 4.54. The molecular formula is C22H24N4O4. The topological polar surface area (TPSA) is 85.7 Å². The molecule has 0 bridgehead atoms. The maximum Gasteiger partial charge on any atom is 0.255 e. The second kappa shape index (κ2) is 9.13. The Hall–Kier alpha value is -3.81. The molecule has 0 atom stereocenters. The lowest BCUT2D eigenvalue weighted by Gasteiger charge is -2.11. The van der Waals surface area contributed by atoms with Crippen molar-refractivity contribution >= 4 is 11.8 Å². The molecule has 8 nitrogen and oxygen atoms in total. The van der Waals surface area contributed by atoms with Crippen LogP contribution >= 0.6 is 0 Å². The van der Waals surface area contributed by atoms with E-state index >= 15 is 0 Å². The van der Waals surface area contributed by atoms with Crippen molar-refractivity contribution in [1.29, 1.82) is 0 Å². The summed E-state index contributed by atoms with van der Waals surface area (Å²) in [4.78, 5) is 26.2. The first-order chi connectivity index (χ1) is 14.4. The first-order valence-electron chi connectivity index (χ1n) is 9.30. The zero-order valence-electron chi connectivity index (χ0n) is 17.4. The van der Waals surface area contributed by atoms with Gasteiger partial charge in [-0.3, -0.25) is 9.59 Å². The summed E-state index contributed by atoms with van der Waals surface area (Å²) in [6, 6.07) is 14.8. The molecule has 0 aliphatic heterocycles. The van der Waals surface area contributed by atoms with Crippen molar-refractivity contribution in [3.8, 4) is 28.4 Å². The van der Waals surface area contributed by atoms with E-state index in [9.17, 15) is 9.59 Å². The van der Waals surface area contributed by atoms with Gasteiger partial charge in [-0.25, -0.2) is 4.68 Å². The molecule has 0 spiro atoms. The Bertz CT molecular complexity index is 1040. The zero-order chi connectivity index (χ0) is 21.7. The number of aromatic nitrogens is 2. The molecule has 3 rings (SSSR count). The summed E-state index contributed by atoms with van der Waals surface area (Å²) >= 11 is 0. The SMILES string of the molecule is COc1ccc(-c2nn(-c3ccccc3)cc2C(=O)NCC(=O)N(C)C)cc1OC. The minimum absolute atomic E-state index is 0.103. The number of benzene rings is 2. The van der Waals surface area contributed by atoms with E-state index in [2.05, 4.69) is 10.4 Å². The molecule has 2 amide bonds. The maximum absolute atomic E-state index is 12.9. The number of ether oxygens (including phenoxy) is 2. The van der Waals surface area contributed by atoms with Gasteiger partial charge in [-0.15, -0.1) is 0 Å². The van der Waals surface area contributed by atoms with Gasteiger partial charge in [-0.1, -0.05) is 18.2 Å². The van der Waals surface area contributed by atoms with Crippen LogP contribution in [-0.2, 0) is 4.79 Å². The summed E-state index contributed by atoms with van der Waals surface area (Å²) < 4.78 is 12.3. The molecule has 3 aromatic rings. The van der Waals surface area contributed by atoms with Crippen LogP contribution in [0.3, 0.4) is 0 Å². The number of amides is 2. The van der Waals surface area contributed by atoms with Crippen LogP contribution in [0, 0.1) is 0 Å². The second-order valence-electron chi connectivity index (χ2n) is 6.71. The van der Waals surface area contributed by atoms with Gasteiger partial charge >= 0.3 is 0 Å². The number of hydrogen-bond donors (Lipinski definition) is 1. The lowest BCUT2D eigenvalue weighted by atomic mass is 10.1. The number of para-hydroxylation sites is 1. The van der Waals surface area contributed by atoms with Crippen LogP contribution in [0.4, 0.5) is 0 Å². The van der Waals surface area contributed by atoms with E-state index in [1.807, 2.05) is 30.3 Å². The highest BCUT2D eigenvalue weighted by atomic mass is 16.5. The number of hydrogen-bond acceptors (Lipinski definition) is 5. The summed E-state index contributed by atoms with van der Waals surface area (Å²) in [6.07, 6.45) is 1.65. The van der Waals surface area contributed by atoms with Gasteiger partial charge in [0.25, 0.3) is 5.91 Å². The fourth-order valence-electron chi connectivity index (χ4n) is 2.86. The van der Waals surface area contributed by atoms with E-state index in [0.717, 1.165) is 5.69 Å². The van der Waals surface area contributed by atoms with Crippen molar-refractivity contribution < 1.29 is 19.1 Å². The fourth-order valence-corrected chi connectivity index (χ4v) is 2.86. The minimum Gasteiger partial charge on any atom is -0.493 e. The number of nitrogens with one attached hydrogen (secondary N) is 1. The van der Waals surface area contributed by atoms with Crippen LogP contribution < -0.4 is 14.8 Å². The Morgan fingerprint density at radius 3 is 2.37 bits per heavy atom. The van der Waals surface area contributed by atoms with Gasteiger partial charge in [0.1, 0.15) is 5.69 Å². The summed E-state index contributed by atoms with van der Waals surface area (Å²) in [5.74, 6) is 0.508. The van der Waals surface area contributed by atoms with Gasteiger partial charge in [-0.05, 0) is 30.3 Å². The van der Waals surface area contributed by atoms with Crippen LogP contribution in [0.25, 0.3) is 16.9 Å². The van der Waals surface area contributed by atoms with E-state index < -0.39 is 5.91 Å². The van der Waals surface area contributed by atoms with Crippen molar-refractivity contribution in [3.05, 3.63) is 60.3 Å². The van der Waals surface area contributed by atoms with E-state index in [1.165, 1.54) is 4.90 Å². The van der Waals surface area contributed by atoms with Crippen molar-refractivity contribution in [2.45, 2.75) is 0 Å². The zero-order valence-corrected chi connectivity index (χ0v) is 17.4. The molecule has 0 fully saturated rings. The monoisotopic (exact) mass is 408 g/mol. The number of rotatable bonds is 7. The largest absolute Gasteiger partial charge is 0.493 e. The highest BCUT2D eigenvalue weighted by Crippen LogP contribution is 2.33. The van der Waals surface area contributed by atoms with E-state index in [4.69, 9.17) is 9.47 Å². The Labute approximate surface area is 175 Å². The Morgan fingerprint density at radius 1 is 1.03 bits per heavy atom. The maximum atomic E-state index is 12.9. The molecule has 1 heterocycles. The number of carbonyl (C=O) groups is 2. The first-order valence-corrected chi connectivity index (χ1v) is 9.30. The van der Waals surface area contributed by atoms with Gasteiger partial charge in [-0.2, -0.15) is 5.10 Å². The molecule has 8 heteroatoms. The van der Waals surface area contributed by atoms with Gasteiger partial charge in [0.05, 0.1) is 32.0 Å². The summed E-state index contributed by atoms with van der Waals surface area (Å²) in [5, 5.41) is 7.30. The highest BCUT2D eigenvalue weighted by Gasteiger charge is 2.20. The highest BCUT2D eigenvalue weighted by molar-refractivity contribution is 6.01.